The summed E-state index contributed by atoms with van der Waals surface area (Å²) in [6.45, 7) is 7.72. The van der Waals surface area contributed by atoms with Crippen molar-refractivity contribution in [2.45, 2.75) is 52.4 Å². The molecule has 0 amide bonds. The van der Waals surface area contributed by atoms with E-state index in [9.17, 15) is 0 Å². The van der Waals surface area contributed by atoms with Gasteiger partial charge in [0.1, 0.15) is 0 Å². The number of thioether (sulfide) groups is 1. The molecule has 0 atom stereocenters. The summed E-state index contributed by atoms with van der Waals surface area (Å²) in [6, 6.07) is 0. The number of rotatable bonds is 14. The Morgan fingerprint density at radius 1 is 0.647 bits per heavy atom. The highest BCUT2D eigenvalue weighted by atomic mass is 32.2. The lowest BCUT2D eigenvalue weighted by Crippen LogP contribution is -1.94. The van der Waals surface area contributed by atoms with Crippen molar-refractivity contribution in [3.63, 3.8) is 0 Å². The molecule has 0 aliphatic heterocycles. The van der Waals surface area contributed by atoms with Crippen LogP contribution in [0.4, 0.5) is 0 Å². The van der Waals surface area contributed by atoms with Crippen LogP contribution in [0.15, 0.2) is 0 Å². The van der Waals surface area contributed by atoms with E-state index >= 15 is 0 Å². The van der Waals surface area contributed by atoms with Gasteiger partial charge in [-0.25, -0.2) is 0 Å². The Hall–Kier alpha value is 0.270. The van der Waals surface area contributed by atoms with Crippen molar-refractivity contribution in [2.24, 2.45) is 0 Å². The molecule has 0 aliphatic rings. The standard InChI is InChI=1S/C14H30O2S/c1-3-15-11-7-5-9-13-17-14-10-6-8-12-16-4-2/h3-14H2,1-2H3. The number of ether oxygens (including phenoxy) is 2. The molecule has 0 saturated carbocycles. The SMILES string of the molecule is CCOCCCCCSCCCCCOCC. The third-order valence-electron chi connectivity index (χ3n) is 2.56. The summed E-state index contributed by atoms with van der Waals surface area (Å²) in [7, 11) is 0. The number of unbranched alkanes of at least 4 members (excludes halogenated alkanes) is 4. The zero-order chi connectivity index (χ0) is 12.6. The van der Waals surface area contributed by atoms with E-state index in [1.54, 1.807) is 0 Å². The minimum atomic E-state index is 0.858. The quantitative estimate of drug-likeness (QED) is 0.438. The Bertz CT molecular complexity index is 117. The van der Waals surface area contributed by atoms with Crippen LogP contribution in [0.5, 0.6) is 0 Å². The minimum Gasteiger partial charge on any atom is -0.382 e. The smallest absolute Gasteiger partial charge is 0.0465 e. The predicted octanol–water partition coefficient (Wildman–Crippen LogP) is 4.13. The first kappa shape index (κ1) is 17.3. The average molecular weight is 262 g/mol. The van der Waals surface area contributed by atoms with Gasteiger partial charge in [-0.15, -0.1) is 0 Å². The minimum absolute atomic E-state index is 0.858. The zero-order valence-corrected chi connectivity index (χ0v) is 12.5. The van der Waals surface area contributed by atoms with Crippen LogP contribution in [0, 0.1) is 0 Å². The fourth-order valence-corrected chi connectivity index (χ4v) is 2.58. The molecule has 17 heavy (non-hydrogen) atoms. The second-order valence-corrected chi connectivity index (χ2v) is 5.35. The van der Waals surface area contributed by atoms with Crippen LogP contribution in [0.2, 0.25) is 0 Å². The molecule has 0 heterocycles. The zero-order valence-electron chi connectivity index (χ0n) is 11.7. The maximum atomic E-state index is 5.31. The van der Waals surface area contributed by atoms with Gasteiger partial charge in [-0.3, -0.25) is 0 Å². The molecular weight excluding hydrogens is 232 g/mol. The Kier molecular flexibility index (Phi) is 16.5. The summed E-state index contributed by atoms with van der Waals surface area (Å²) in [4.78, 5) is 0. The molecule has 0 aliphatic carbocycles. The van der Waals surface area contributed by atoms with Crippen molar-refractivity contribution in [1.82, 2.24) is 0 Å². The molecule has 3 heteroatoms. The molecule has 0 unspecified atom stereocenters. The van der Waals surface area contributed by atoms with E-state index < -0.39 is 0 Å². The van der Waals surface area contributed by atoms with Crippen LogP contribution < -0.4 is 0 Å². The molecule has 0 spiro atoms. The summed E-state index contributed by atoms with van der Waals surface area (Å²) in [6.07, 6.45) is 7.77. The fraction of sp³-hybridized carbons (Fsp3) is 1.00. The van der Waals surface area contributed by atoms with E-state index in [1.165, 1.54) is 50.0 Å². The maximum absolute atomic E-state index is 5.31. The molecular formula is C14H30O2S. The van der Waals surface area contributed by atoms with Gasteiger partial charge in [0.2, 0.25) is 0 Å². The Labute approximate surface area is 112 Å². The van der Waals surface area contributed by atoms with E-state index in [-0.39, 0.29) is 0 Å². The summed E-state index contributed by atoms with van der Waals surface area (Å²) < 4.78 is 10.6. The van der Waals surface area contributed by atoms with Crippen LogP contribution in [0.25, 0.3) is 0 Å². The largest absolute Gasteiger partial charge is 0.382 e. The summed E-state index contributed by atoms with van der Waals surface area (Å²) in [5, 5.41) is 0. The third-order valence-corrected chi connectivity index (χ3v) is 3.72. The molecule has 0 fully saturated rings. The summed E-state index contributed by atoms with van der Waals surface area (Å²) >= 11 is 2.10. The Balaban J connectivity index is 2.85. The average Bonchev–Trinajstić information content (AvgIpc) is 2.35. The van der Waals surface area contributed by atoms with Gasteiger partial charge in [-0.1, -0.05) is 12.8 Å². The molecule has 0 bridgehead atoms. The monoisotopic (exact) mass is 262 g/mol. The van der Waals surface area contributed by atoms with Crippen molar-refractivity contribution in [2.75, 3.05) is 37.9 Å². The maximum Gasteiger partial charge on any atom is 0.0465 e. The molecule has 2 nitrogen and oxygen atoms in total. The molecule has 0 radical (unpaired) electrons. The van der Waals surface area contributed by atoms with E-state index in [4.69, 9.17) is 9.47 Å². The van der Waals surface area contributed by atoms with Crippen LogP contribution in [-0.4, -0.2) is 37.9 Å². The Morgan fingerprint density at radius 3 is 1.53 bits per heavy atom. The van der Waals surface area contributed by atoms with Gasteiger partial charge in [-0.2, -0.15) is 11.8 Å². The summed E-state index contributed by atoms with van der Waals surface area (Å²) in [5.41, 5.74) is 0. The molecule has 0 rings (SSSR count). The first-order chi connectivity index (χ1) is 8.41. The predicted molar refractivity (Wildman–Crippen MR) is 78.0 cm³/mol. The first-order valence-corrected chi connectivity index (χ1v) is 8.30. The Morgan fingerprint density at radius 2 is 1.12 bits per heavy atom. The van der Waals surface area contributed by atoms with Gasteiger partial charge in [-0.05, 0) is 51.0 Å². The van der Waals surface area contributed by atoms with Crippen molar-refractivity contribution in [3.05, 3.63) is 0 Å². The van der Waals surface area contributed by atoms with Gasteiger partial charge in [0.05, 0.1) is 0 Å². The highest BCUT2D eigenvalue weighted by molar-refractivity contribution is 7.99. The molecule has 0 aromatic heterocycles. The number of hydrogen-bond acceptors (Lipinski definition) is 3. The van der Waals surface area contributed by atoms with Crippen LogP contribution in [0.1, 0.15) is 52.4 Å². The van der Waals surface area contributed by atoms with E-state index in [1.807, 2.05) is 0 Å². The van der Waals surface area contributed by atoms with Gasteiger partial charge in [0.15, 0.2) is 0 Å². The number of hydrogen-bond donors (Lipinski definition) is 0. The normalized spacial score (nSPS) is 10.9. The second kappa shape index (κ2) is 16.3. The van der Waals surface area contributed by atoms with Crippen LogP contribution in [0.3, 0.4) is 0 Å². The van der Waals surface area contributed by atoms with Crippen LogP contribution >= 0.6 is 11.8 Å². The third kappa shape index (κ3) is 16.3. The fourth-order valence-electron chi connectivity index (χ4n) is 1.56. The molecule has 0 saturated heterocycles. The molecule has 104 valence electrons. The second-order valence-electron chi connectivity index (χ2n) is 4.13. The van der Waals surface area contributed by atoms with Crippen molar-refractivity contribution in [1.29, 1.82) is 0 Å². The lowest BCUT2D eigenvalue weighted by atomic mass is 10.3. The van der Waals surface area contributed by atoms with Crippen molar-refractivity contribution in [3.8, 4) is 0 Å². The van der Waals surface area contributed by atoms with E-state index in [0.717, 1.165) is 26.4 Å². The van der Waals surface area contributed by atoms with Crippen LogP contribution in [-0.2, 0) is 9.47 Å². The highest BCUT2D eigenvalue weighted by Gasteiger charge is 1.93. The van der Waals surface area contributed by atoms with E-state index in [0.29, 0.717) is 0 Å². The molecule has 0 N–H and O–H groups in total. The topological polar surface area (TPSA) is 18.5 Å². The molecule has 0 aromatic rings. The van der Waals surface area contributed by atoms with Crippen molar-refractivity contribution < 1.29 is 9.47 Å². The van der Waals surface area contributed by atoms with Gasteiger partial charge < -0.3 is 9.47 Å². The van der Waals surface area contributed by atoms with Gasteiger partial charge >= 0.3 is 0 Å². The van der Waals surface area contributed by atoms with Crippen molar-refractivity contribution >= 4 is 11.8 Å². The molecule has 0 aromatic carbocycles. The van der Waals surface area contributed by atoms with Gasteiger partial charge in [0, 0.05) is 26.4 Å². The lowest BCUT2D eigenvalue weighted by Gasteiger charge is -2.03. The lowest BCUT2D eigenvalue weighted by molar-refractivity contribution is 0.143. The first-order valence-electron chi connectivity index (χ1n) is 7.15. The van der Waals surface area contributed by atoms with Gasteiger partial charge in [0.25, 0.3) is 0 Å². The highest BCUT2D eigenvalue weighted by Crippen LogP contribution is 2.10. The van der Waals surface area contributed by atoms with E-state index in [2.05, 4.69) is 25.6 Å². The summed E-state index contributed by atoms with van der Waals surface area (Å²) in [5.74, 6) is 2.63.